The highest BCUT2D eigenvalue weighted by Crippen LogP contribution is 2.14. The molecule has 0 saturated carbocycles. The minimum atomic E-state index is -0.660. The quantitative estimate of drug-likeness (QED) is 0.483. The highest BCUT2D eigenvalue weighted by Gasteiger charge is 2.19. The Bertz CT molecular complexity index is 585. The smallest absolute Gasteiger partial charge is 0.390 e. The molecule has 2 rings (SSSR count). The van der Waals surface area contributed by atoms with E-state index >= 15 is 0 Å². The van der Waals surface area contributed by atoms with Crippen molar-refractivity contribution in [2.75, 3.05) is 5.43 Å². The van der Waals surface area contributed by atoms with Crippen LogP contribution in [0.2, 0.25) is 0 Å². The number of hydrazine groups is 1. The Hall–Kier alpha value is -2.07. The van der Waals surface area contributed by atoms with E-state index in [-0.39, 0.29) is 11.3 Å². The summed E-state index contributed by atoms with van der Waals surface area (Å²) in [7, 11) is 0. The number of anilines is 1. The molecular weight excluding hydrogens is 306 g/mol. The first-order valence-electron chi connectivity index (χ1n) is 4.76. The monoisotopic (exact) mass is 313 g/mol. The number of rotatable bonds is 4. The molecule has 10 heteroatoms. The molecule has 94 valence electrons. The van der Waals surface area contributed by atoms with E-state index in [4.69, 9.17) is 5.84 Å². The van der Waals surface area contributed by atoms with Gasteiger partial charge in [-0.25, -0.2) is 0 Å². The molecule has 2 aromatic rings. The number of nitrogens with zero attached hydrogens (tertiary/aromatic N) is 5. The number of pyridine rings is 1. The molecule has 0 saturated heterocycles. The van der Waals surface area contributed by atoms with Gasteiger partial charge in [0.15, 0.2) is 0 Å². The lowest BCUT2D eigenvalue weighted by atomic mass is 10.3. The number of halogens is 1. The molecule has 0 aliphatic rings. The topological polar surface area (TPSA) is 125 Å². The molecule has 0 aliphatic carbocycles. The maximum atomic E-state index is 10.5. The molecule has 3 N–H and O–H groups in total. The van der Waals surface area contributed by atoms with Gasteiger partial charge in [-0.1, -0.05) is 0 Å². The molecule has 0 radical (unpaired) electrons. The molecule has 0 atom stereocenters. The lowest BCUT2D eigenvalue weighted by molar-refractivity contribution is -0.394. The molecule has 9 nitrogen and oxygen atoms in total. The average molecular weight is 314 g/mol. The second-order valence-corrected chi connectivity index (χ2v) is 3.99. The van der Waals surface area contributed by atoms with Gasteiger partial charge in [0.05, 0.1) is 11.4 Å². The number of nitrogens with two attached hydrogens (primary N) is 1. The first-order valence-corrected chi connectivity index (χ1v) is 5.55. The summed E-state index contributed by atoms with van der Waals surface area (Å²) in [5.41, 5.74) is 3.82. The Labute approximate surface area is 109 Å². The van der Waals surface area contributed by atoms with Crippen molar-refractivity contribution < 1.29 is 4.92 Å². The van der Waals surface area contributed by atoms with E-state index in [1.54, 1.807) is 18.3 Å². The number of nitrogens with one attached hydrogen (secondary N) is 1. The Morgan fingerprint density at radius 2 is 2.39 bits per heavy atom. The Balaban J connectivity index is 2.25. The van der Waals surface area contributed by atoms with Gasteiger partial charge in [-0.05, 0) is 22.0 Å². The van der Waals surface area contributed by atoms with Crippen LogP contribution in [0, 0.1) is 10.1 Å². The molecule has 0 amide bonds. The molecule has 0 aliphatic heterocycles. The lowest BCUT2D eigenvalue weighted by Crippen LogP contribution is -2.09. The lowest BCUT2D eigenvalue weighted by Gasteiger charge is -2.02. The normalized spacial score (nSPS) is 10.3. The fourth-order valence-corrected chi connectivity index (χ4v) is 1.66. The predicted molar refractivity (Wildman–Crippen MR) is 65.5 cm³/mol. The summed E-state index contributed by atoms with van der Waals surface area (Å²) < 4.78 is 1.60. The van der Waals surface area contributed by atoms with Gasteiger partial charge in [0.2, 0.25) is 0 Å². The summed E-state index contributed by atoms with van der Waals surface area (Å²) in [6.45, 7) is 0.247. The number of hydrogen-bond donors (Lipinski definition) is 2. The summed E-state index contributed by atoms with van der Waals surface area (Å²) in [5.74, 6) is 4.81. The molecule has 18 heavy (non-hydrogen) atoms. The Morgan fingerprint density at radius 1 is 1.61 bits per heavy atom. The van der Waals surface area contributed by atoms with Gasteiger partial charge in [-0.2, -0.15) is 4.68 Å². The minimum absolute atomic E-state index is 0.247. The van der Waals surface area contributed by atoms with Crippen molar-refractivity contribution in [2.24, 2.45) is 5.84 Å². The predicted octanol–water partition coefficient (Wildman–Crippen LogP) is 0.678. The third-order valence-corrected chi connectivity index (χ3v) is 2.66. The third kappa shape index (κ3) is 2.60. The Kier molecular flexibility index (Phi) is 3.48. The van der Waals surface area contributed by atoms with E-state index in [0.717, 1.165) is 0 Å². The zero-order valence-electron chi connectivity index (χ0n) is 8.95. The molecule has 2 aromatic heterocycles. The van der Waals surface area contributed by atoms with Crippen LogP contribution in [0.4, 0.5) is 11.6 Å². The summed E-state index contributed by atoms with van der Waals surface area (Å²) in [4.78, 5) is 17.6. The van der Waals surface area contributed by atoms with Crippen molar-refractivity contribution in [2.45, 2.75) is 6.54 Å². The first-order chi connectivity index (χ1) is 8.60. The van der Waals surface area contributed by atoms with Crippen LogP contribution in [-0.4, -0.2) is 24.7 Å². The van der Waals surface area contributed by atoms with Crippen molar-refractivity contribution in [3.05, 3.63) is 38.9 Å². The minimum Gasteiger partial charge on any atom is -0.390 e. The van der Waals surface area contributed by atoms with E-state index < -0.39 is 10.9 Å². The second kappa shape index (κ2) is 5.06. The number of hydrogen-bond acceptors (Lipinski definition) is 7. The largest absolute Gasteiger partial charge is 0.492 e. The van der Waals surface area contributed by atoms with Gasteiger partial charge in [0.1, 0.15) is 6.54 Å². The fraction of sp³-hybridized carbons (Fsp3) is 0.125. The van der Waals surface area contributed by atoms with Gasteiger partial charge in [0.25, 0.3) is 4.73 Å². The van der Waals surface area contributed by atoms with Crippen LogP contribution in [0.3, 0.4) is 0 Å². The van der Waals surface area contributed by atoms with Gasteiger partial charge in [-0.3, -0.25) is 10.8 Å². The molecule has 0 fully saturated rings. The molecule has 0 spiro atoms. The summed E-state index contributed by atoms with van der Waals surface area (Å²) >= 11 is 3.10. The van der Waals surface area contributed by atoms with E-state index in [1.165, 1.54) is 4.68 Å². The van der Waals surface area contributed by atoms with Gasteiger partial charge in [0, 0.05) is 27.2 Å². The van der Waals surface area contributed by atoms with Crippen LogP contribution in [0.25, 0.3) is 0 Å². The van der Waals surface area contributed by atoms with Crippen molar-refractivity contribution >= 4 is 27.6 Å². The van der Waals surface area contributed by atoms with Crippen LogP contribution in [0.5, 0.6) is 0 Å². The highest BCUT2D eigenvalue weighted by atomic mass is 79.9. The van der Waals surface area contributed by atoms with Crippen molar-refractivity contribution in [1.29, 1.82) is 0 Å². The highest BCUT2D eigenvalue weighted by molar-refractivity contribution is 9.10. The van der Waals surface area contributed by atoms with Gasteiger partial charge in [-0.15, -0.1) is 0 Å². The van der Waals surface area contributed by atoms with Crippen molar-refractivity contribution in [3.8, 4) is 0 Å². The van der Waals surface area contributed by atoms with Crippen LogP contribution in [-0.2, 0) is 6.54 Å². The first kappa shape index (κ1) is 12.4. The molecular formula is C8H8BrN7O2. The van der Waals surface area contributed by atoms with Crippen LogP contribution in [0.15, 0.2) is 23.1 Å². The van der Waals surface area contributed by atoms with Crippen LogP contribution >= 0.6 is 15.9 Å². The number of nitrogen functional groups attached to an aromatic ring is 1. The summed E-state index contributed by atoms with van der Waals surface area (Å²) in [6, 6.07) is 3.41. The molecule has 0 unspecified atom stereocenters. The maximum absolute atomic E-state index is 10.5. The van der Waals surface area contributed by atoms with Gasteiger partial charge < -0.3 is 15.5 Å². The maximum Gasteiger partial charge on any atom is 0.492 e. The van der Waals surface area contributed by atoms with Crippen molar-refractivity contribution in [1.82, 2.24) is 19.7 Å². The van der Waals surface area contributed by atoms with E-state index in [0.29, 0.717) is 11.4 Å². The number of aromatic nitrogens is 4. The van der Waals surface area contributed by atoms with Crippen LogP contribution < -0.4 is 11.3 Å². The zero-order chi connectivity index (χ0) is 13.1. The third-order valence-electron chi connectivity index (χ3n) is 2.07. The van der Waals surface area contributed by atoms with E-state index in [1.807, 2.05) is 0 Å². The molecule has 2 heterocycles. The SMILES string of the molecule is NNc1ccnc(Cn2nc([N+](=O)[O-])nc2Br)c1. The summed E-state index contributed by atoms with van der Waals surface area (Å²) in [6.07, 6.45) is 1.57. The fourth-order valence-electron chi connectivity index (χ4n) is 1.30. The Morgan fingerprint density at radius 3 is 3.00 bits per heavy atom. The molecule has 0 aromatic carbocycles. The van der Waals surface area contributed by atoms with Crippen LogP contribution in [0.1, 0.15) is 5.69 Å². The zero-order valence-corrected chi connectivity index (χ0v) is 10.5. The standard InChI is InChI=1S/C8H8BrN7O2/c9-7-12-8(16(17)18)14-15(7)4-6-3-5(13-10)1-2-11-6/h1-3H,4,10H2,(H,11,13). The second-order valence-electron chi connectivity index (χ2n) is 3.28. The average Bonchev–Trinajstić information content (AvgIpc) is 2.71. The molecule has 0 bridgehead atoms. The van der Waals surface area contributed by atoms with E-state index in [2.05, 4.69) is 36.4 Å². The summed E-state index contributed by atoms with van der Waals surface area (Å²) in [5, 5.41) is 14.3. The van der Waals surface area contributed by atoms with E-state index in [9.17, 15) is 10.1 Å². The number of nitro groups is 1. The van der Waals surface area contributed by atoms with Crippen molar-refractivity contribution in [3.63, 3.8) is 0 Å². The van der Waals surface area contributed by atoms with Gasteiger partial charge >= 0.3 is 5.95 Å².